The van der Waals surface area contributed by atoms with Crippen LogP contribution in [0.1, 0.15) is 15.9 Å². The Kier molecular flexibility index (Phi) is 3.33. The molecule has 0 aliphatic rings. The van der Waals surface area contributed by atoms with Crippen LogP contribution >= 0.6 is 0 Å². The molecule has 0 fully saturated rings. The summed E-state index contributed by atoms with van der Waals surface area (Å²) in [5.41, 5.74) is -0.799. The number of hydrogen-bond acceptors (Lipinski definition) is 1. The lowest BCUT2D eigenvalue weighted by Crippen LogP contribution is -2.05. The summed E-state index contributed by atoms with van der Waals surface area (Å²) in [5.74, 6) is -8.16. The van der Waals surface area contributed by atoms with Crippen molar-refractivity contribution in [2.24, 2.45) is 0 Å². The zero-order valence-electron chi connectivity index (χ0n) is 9.18. The Morgan fingerprint density at radius 2 is 1.21 bits per heavy atom. The number of carbonyl (C=O) groups excluding carboxylic acids is 1. The first kappa shape index (κ1) is 13.2. The third-order valence-corrected chi connectivity index (χ3v) is 2.43. The second-order valence-electron chi connectivity index (χ2n) is 3.71. The van der Waals surface area contributed by atoms with E-state index in [-0.39, 0.29) is 5.56 Å². The highest BCUT2D eigenvalue weighted by atomic mass is 19.2. The summed E-state index contributed by atoms with van der Waals surface area (Å²) in [4.78, 5) is 11.8. The summed E-state index contributed by atoms with van der Waals surface area (Å²) in [6, 6.07) is 3.24. The zero-order valence-corrected chi connectivity index (χ0v) is 9.18. The SMILES string of the molecule is O=C(c1ccc(F)c(F)c1)c1cc(F)c(F)c(F)c1. The Labute approximate surface area is 104 Å². The first-order valence-corrected chi connectivity index (χ1v) is 5.04. The standard InChI is InChI=1S/C13H5F5O/c14-8-2-1-6(3-9(8)15)13(19)7-4-10(16)12(18)11(17)5-7/h1-5H. The van der Waals surface area contributed by atoms with Crippen molar-refractivity contribution < 1.29 is 26.7 Å². The Morgan fingerprint density at radius 3 is 1.74 bits per heavy atom. The van der Waals surface area contributed by atoms with Crippen LogP contribution in [0.25, 0.3) is 0 Å². The number of ketones is 1. The lowest BCUT2D eigenvalue weighted by Gasteiger charge is -2.03. The van der Waals surface area contributed by atoms with Crippen LogP contribution in [0.15, 0.2) is 30.3 Å². The topological polar surface area (TPSA) is 17.1 Å². The van der Waals surface area contributed by atoms with E-state index >= 15 is 0 Å². The number of halogens is 5. The van der Waals surface area contributed by atoms with Crippen molar-refractivity contribution >= 4 is 5.78 Å². The van der Waals surface area contributed by atoms with Gasteiger partial charge in [-0.1, -0.05) is 0 Å². The highest BCUT2D eigenvalue weighted by molar-refractivity contribution is 6.08. The highest BCUT2D eigenvalue weighted by Gasteiger charge is 2.17. The Bertz CT molecular complexity index is 643. The van der Waals surface area contributed by atoms with Crippen molar-refractivity contribution in [3.63, 3.8) is 0 Å². The maximum absolute atomic E-state index is 13.0. The van der Waals surface area contributed by atoms with Crippen LogP contribution in [0.3, 0.4) is 0 Å². The fourth-order valence-electron chi connectivity index (χ4n) is 1.49. The van der Waals surface area contributed by atoms with Gasteiger partial charge in [0.2, 0.25) is 0 Å². The molecule has 0 spiro atoms. The molecule has 0 amide bonds. The van der Waals surface area contributed by atoms with E-state index < -0.39 is 40.4 Å². The van der Waals surface area contributed by atoms with Crippen LogP contribution in [0, 0.1) is 29.1 Å². The van der Waals surface area contributed by atoms with Crippen LogP contribution in [-0.2, 0) is 0 Å². The Morgan fingerprint density at radius 1 is 0.684 bits per heavy atom. The first-order valence-electron chi connectivity index (χ1n) is 5.04. The van der Waals surface area contributed by atoms with Crippen molar-refractivity contribution in [3.05, 3.63) is 70.5 Å². The normalized spacial score (nSPS) is 10.6. The molecule has 0 unspecified atom stereocenters. The predicted octanol–water partition coefficient (Wildman–Crippen LogP) is 3.61. The second kappa shape index (κ2) is 4.79. The zero-order chi connectivity index (χ0) is 14.2. The largest absolute Gasteiger partial charge is 0.289 e. The van der Waals surface area contributed by atoms with E-state index in [1.165, 1.54) is 0 Å². The van der Waals surface area contributed by atoms with Gasteiger partial charge < -0.3 is 0 Å². The minimum atomic E-state index is -1.71. The molecule has 98 valence electrons. The number of carbonyl (C=O) groups is 1. The van der Waals surface area contributed by atoms with Crippen molar-refractivity contribution in [2.75, 3.05) is 0 Å². The van der Waals surface area contributed by atoms with Gasteiger partial charge >= 0.3 is 0 Å². The summed E-state index contributed by atoms with van der Waals surface area (Å²) >= 11 is 0. The Hall–Kier alpha value is -2.24. The lowest BCUT2D eigenvalue weighted by molar-refractivity contribution is 0.103. The fraction of sp³-hybridized carbons (Fsp3) is 0. The summed E-state index contributed by atoms with van der Waals surface area (Å²) in [6.07, 6.45) is 0. The van der Waals surface area contributed by atoms with Gasteiger partial charge in [-0.15, -0.1) is 0 Å². The summed E-state index contributed by atoms with van der Waals surface area (Å²) in [5, 5.41) is 0. The van der Waals surface area contributed by atoms with E-state index in [1.807, 2.05) is 0 Å². The maximum Gasteiger partial charge on any atom is 0.194 e. The molecular weight excluding hydrogens is 267 g/mol. The van der Waals surface area contributed by atoms with Crippen LogP contribution in [-0.4, -0.2) is 5.78 Å². The molecule has 2 rings (SSSR count). The minimum absolute atomic E-state index is 0.302. The van der Waals surface area contributed by atoms with Gasteiger partial charge in [0.25, 0.3) is 0 Å². The van der Waals surface area contributed by atoms with E-state index in [1.54, 1.807) is 0 Å². The number of benzene rings is 2. The molecule has 2 aromatic rings. The molecular formula is C13H5F5O. The maximum atomic E-state index is 13.0. The van der Waals surface area contributed by atoms with Gasteiger partial charge in [0.1, 0.15) is 0 Å². The van der Waals surface area contributed by atoms with Crippen molar-refractivity contribution in [1.29, 1.82) is 0 Å². The molecule has 1 nitrogen and oxygen atoms in total. The van der Waals surface area contributed by atoms with Gasteiger partial charge in [0.15, 0.2) is 34.9 Å². The van der Waals surface area contributed by atoms with E-state index in [9.17, 15) is 26.7 Å². The van der Waals surface area contributed by atoms with Crippen molar-refractivity contribution in [3.8, 4) is 0 Å². The van der Waals surface area contributed by atoms with Crippen LogP contribution in [0.5, 0.6) is 0 Å². The molecule has 0 saturated heterocycles. The van der Waals surface area contributed by atoms with Gasteiger partial charge in [-0.3, -0.25) is 4.79 Å². The monoisotopic (exact) mass is 272 g/mol. The van der Waals surface area contributed by atoms with Gasteiger partial charge in [-0.25, -0.2) is 22.0 Å². The molecule has 2 aromatic carbocycles. The van der Waals surface area contributed by atoms with E-state index in [2.05, 4.69) is 0 Å². The molecule has 0 N–H and O–H groups in total. The second-order valence-corrected chi connectivity index (χ2v) is 3.71. The van der Waals surface area contributed by atoms with Gasteiger partial charge in [0.05, 0.1) is 0 Å². The number of hydrogen-bond donors (Lipinski definition) is 0. The van der Waals surface area contributed by atoms with Gasteiger partial charge in [0, 0.05) is 11.1 Å². The van der Waals surface area contributed by atoms with E-state index in [0.717, 1.165) is 6.07 Å². The predicted molar refractivity (Wildman–Crippen MR) is 56.1 cm³/mol. The molecule has 0 aliphatic carbocycles. The quantitative estimate of drug-likeness (QED) is 0.463. The average Bonchev–Trinajstić information content (AvgIpc) is 2.37. The molecule has 0 aliphatic heterocycles. The summed E-state index contributed by atoms with van der Waals surface area (Å²) in [7, 11) is 0. The molecule has 0 aromatic heterocycles. The van der Waals surface area contributed by atoms with E-state index in [4.69, 9.17) is 0 Å². The van der Waals surface area contributed by atoms with Crippen LogP contribution < -0.4 is 0 Å². The molecule has 0 radical (unpaired) electrons. The molecule has 0 saturated carbocycles. The molecule has 0 atom stereocenters. The first-order chi connectivity index (χ1) is 8.90. The van der Waals surface area contributed by atoms with Crippen molar-refractivity contribution in [2.45, 2.75) is 0 Å². The highest BCUT2D eigenvalue weighted by Crippen LogP contribution is 2.18. The minimum Gasteiger partial charge on any atom is -0.289 e. The van der Waals surface area contributed by atoms with Crippen molar-refractivity contribution in [1.82, 2.24) is 0 Å². The van der Waals surface area contributed by atoms with E-state index in [0.29, 0.717) is 24.3 Å². The summed E-state index contributed by atoms with van der Waals surface area (Å²) < 4.78 is 64.3. The molecule has 0 bridgehead atoms. The fourth-order valence-corrected chi connectivity index (χ4v) is 1.49. The smallest absolute Gasteiger partial charge is 0.194 e. The van der Waals surface area contributed by atoms with Gasteiger partial charge in [-0.2, -0.15) is 0 Å². The van der Waals surface area contributed by atoms with Crippen LogP contribution in [0.2, 0.25) is 0 Å². The molecule has 6 heteroatoms. The van der Waals surface area contributed by atoms with Crippen LogP contribution in [0.4, 0.5) is 22.0 Å². The number of rotatable bonds is 2. The molecule has 0 heterocycles. The Balaban J connectivity index is 2.47. The summed E-state index contributed by atoms with van der Waals surface area (Å²) in [6.45, 7) is 0. The van der Waals surface area contributed by atoms with Gasteiger partial charge in [-0.05, 0) is 30.3 Å². The lowest BCUT2D eigenvalue weighted by atomic mass is 10.0. The average molecular weight is 272 g/mol. The third kappa shape index (κ3) is 2.47. The third-order valence-electron chi connectivity index (χ3n) is 2.43. The molecule has 19 heavy (non-hydrogen) atoms.